The summed E-state index contributed by atoms with van der Waals surface area (Å²) in [6.07, 6.45) is 0. The highest BCUT2D eigenvalue weighted by Gasteiger charge is 2.15. The number of rotatable bonds is 2. The Morgan fingerprint density at radius 1 is 1.56 bits per heavy atom. The number of nitro benzene ring substituents is 1. The Hall–Kier alpha value is -2.35. The standard InChI is InChI=1S/C8H12N6O2/c1-13(11)8(12-10)5-2-3-6(9)7(4-5)14(15)16/h2-4H,9-11H2,1H3/b12-8-. The van der Waals surface area contributed by atoms with Gasteiger partial charge in [-0.05, 0) is 12.1 Å². The smallest absolute Gasteiger partial charge is 0.292 e. The van der Waals surface area contributed by atoms with Gasteiger partial charge in [0.1, 0.15) is 5.69 Å². The number of nitrogens with zero attached hydrogens (tertiary/aromatic N) is 3. The van der Waals surface area contributed by atoms with Gasteiger partial charge in [0.25, 0.3) is 5.69 Å². The first-order valence-corrected chi connectivity index (χ1v) is 4.28. The number of anilines is 1. The first kappa shape index (κ1) is 11.7. The lowest BCUT2D eigenvalue weighted by Gasteiger charge is -2.14. The minimum absolute atomic E-state index is 0.0739. The zero-order chi connectivity index (χ0) is 12.3. The number of nitro groups is 1. The van der Waals surface area contributed by atoms with Gasteiger partial charge in [-0.1, -0.05) is 0 Å². The van der Waals surface area contributed by atoms with E-state index in [1.165, 1.54) is 19.2 Å². The molecule has 0 aromatic heterocycles. The van der Waals surface area contributed by atoms with Crippen molar-refractivity contribution in [3.8, 4) is 0 Å². The molecule has 0 unspecified atom stereocenters. The van der Waals surface area contributed by atoms with Crippen LogP contribution in [-0.4, -0.2) is 22.8 Å². The summed E-state index contributed by atoms with van der Waals surface area (Å²) in [5, 5.41) is 15.3. The van der Waals surface area contributed by atoms with Crippen LogP contribution >= 0.6 is 0 Å². The summed E-state index contributed by atoms with van der Waals surface area (Å²) in [6, 6.07) is 4.23. The van der Waals surface area contributed by atoms with Crippen LogP contribution in [0.3, 0.4) is 0 Å². The summed E-state index contributed by atoms with van der Waals surface area (Å²) < 4.78 is 0. The first-order valence-electron chi connectivity index (χ1n) is 4.28. The zero-order valence-electron chi connectivity index (χ0n) is 8.62. The van der Waals surface area contributed by atoms with Crippen molar-refractivity contribution in [3.63, 3.8) is 0 Å². The summed E-state index contributed by atoms with van der Waals surface area (Å²) in [6.45, 7) is 0. The molecule has 0 spiro atoms. The highest BCUT2D eigenvalue weighted by molar-refractivity contribution is 5.99. The fraction of sp³-hybridized carbons (Fsp3) is 0.125. The normalized spacial score (nSPS) is 11.2. The highest BCUT2D eigenvalue weighted by atomic mass is 16.6. The van der Waals surface area contributed by atoms with Gasteiger partial charge in [0, 0.05) is 18.7 Å². The highest BCUT2D eigenvalue weighted by Crippen LogP contribution is 2.22. The molecule has 0 aliphatic rings. The molecule has 0 amide bonds. The number of nitrogens with two attached hydrogens (primary N) is 3. The number of amidine groups is 1. The molecule has 0 radical (unpaired) electrons. The second-order valence-electron chi connectivity index (χ2n) is 3.09. The molecule has 0 aliphatic carbocycles. The molecule has 1 rings (SSSR count). The third-order valence-corrected chi connectivity index (χ3v) is 1.94. The van der Waals surface area contributed by atoms with E-state index in [9.17, 15) is 10.1 Å². The predicted molar refractivity (Wildman–Crippen MR) is 60.2 cm³/mol. The van der Waals surface area contributed by atoms with E-state index in [2.05, 4.69) is 5.10 Å². The maximum absolute atomic E-state index is 10.7. The lowest BCUT2D eigenvalue weighted by molar-refractivity contribution is -0.383. The van der Waals surface area contributed by atoms with Gasteiger partial charge in [-0.3, -0.25) is 15.1 Å². The number of hydrogen-bond acceptors (Lipinski definition) is 6. The van der Waals surface area contributed by atoms with E-state index in [1.807, 2.05) is 0 Å². The number of hydrogen-bond donors (Lipinski definition) is 3. The van der Waals surface area contributed by atoms with Gasteiger partial charge in [0.2, 0.25) is 0 Å². The van der Waals surface area contributed by atoms with E-state index in [1.54, 1.807) is 6.07 Å². The molecule has 0 saturated heterocycles. The van der Waals surface area contributed by atoms with E-state index in [-0.39, 0.29) is 17.2 Å². The summed E-state index contributed by atoms with van der Waals surface area (Å²) in [7, 11) is 1.52. The van der Waals surface area contributed by atoms with Gasteiger partial charge < -0.3 is 11.6 Å². The van der Waals surface area contributed by atoms with Crippen molar-refractivity contribution in [3.05, 3.63) is 33.9 Å². The second-order valence-corrected chi connectivity index (χ2v) is 3.09. The summed E-state index contributed by atoms with van der Waals surface area (Å²) >= 11 is 0. The second kappa shape index (κ2) is 4.45. The molecule has 0 bridgehead atoms. The van der Waals surface area contributed by atoms with Gasteiger partial charge in [0.15, 0.2) is 5.84 Å². The summed E-state index contributed by atoms with van der Waals surface area (Å²) in [4.78, 5) is 10.1. The van der Waals surface area contributed by atoms with Crippen LogP contribution in [-0.2, 0) is 0 Å². The monoisotopic (exact) mass is 224 g/mol. The Morgan fingerprint density at radius 2 is 2.19 bits per heavy atom. The predicted octanol–water partition coefficient (Wildman–Crippen LogP) is -0.397. The minimum atomic E-state index is -0.580. The van der Waals surface area contributed by atoms with Crippen LogP contribution in [0, 0.1) is 10.1 Å². The molecular formula is C8H12N6O2. The Morgan fingerprint density at radius 3 is 2.62 bits per heavy atom. The average Bonchev–Trinajstić information content (AvgIpc) is 2.20. The number of hydrazine groups is 1. The molecule has 86 valence electrons. The summed E-state index contributed by atoms with van der Waals surface area (Å²) in [5.74, 6) is 10.8. The summed E-state index contributed by atoms with van der Waals surface area (Å²) in [5.41, 5.74) is 5.74. The average molecular weight is 224 g/mol. The topological polar surface area (TPSA) is 137 Å². The van der Waals surface area contributed by atoms with Crippen molar-refractivity contribution in [2.45, 2.75) is 0 Å². The molecule has 8 nitrogen and oxygen atoms in total. The molecule has 0 saturated carbocycles. The van der Waals surface area contributed by atoms with Crippen LogP contribution in [0.4, 0.5) is 11.4 Å². The van der Waals surface area contributed by atoms with Gasteiger partial charge >= 0.3 is 0 Å². The number of nitrogen functional groups attached to an aromatic ring is 1. The molecule has 6 N–H and O–H groups in total. The molecule has 1 aromatic carbocycles. The lowest BCUT2D eigenvalue weighted by atomic mass is 10.1. The third-order valence-electron chi connectivity index (χ3n) is 1.94. The van der Waals surface area contributed by atoms with Crippen LogP contribution in [0.2, 0.25) is 0 Å². The van der Waals surface area contributed by atoms with Crippen LogP contribution in [0.15, 0.2) is 23.3 Å². The SMILES string of the molecule is CN(N)/C(=N\N)c1ccc(N)c([N+](=O)[O-])c1. The Labute approximate surface area is 91.4 Å². The maximum atomic E-state index is 10.7. The fourth-order valence-corrected chi connectivity index (χ4v) is 1.21. The molecular weight excluding hydrogens is 212 g/mol. The Balaban J connectivity index is 3.27. The van der Waals surface area contributed by atoms with Crippen LogP contribution < -0.4 is 17.4 Å². The Bertz CT molecular complexity index is 442. The van der Waals surface area contributed by atoms with E-state index in [0.29, 0.717) is 5.56 Å². The van der Waals surface area contributed by atoms with Crippen LogP contribution in [0.5, 0.6) is 0 Å². The van der Waals surface area contributed by atoms with Gasteiger partial charge in [-0.25, -0.2) is 5.84 Å². The molecule has 0 aliphatic heterocycles. The van der Waals surface area contributed by atoms with Crippen molar-refractivity contribution >= 4 is 17.2 Å². The van der Waals surface area contributed by atoms with Crippen molar-refractivity contribution in [2.75, 3.05) is 12.8 Å². The van der Waals surface area contributed by atoms with Gasteiger partial charge in [-0.15, -0.1) is 0 Å². The molecule has 0 fully saturated rings. The maximum Gasteiger partial charge on any atom is 0.292 e. The molecule has 0 atom stereocenters. The molecule has 1 aromatic rings. The van der Waals surface area contributed by atoms with Crippen molar-refractivity contribution in [2.24, 2.45) is 16.8 Å². The minimum Gasteiger partial charge on any atom is -0.393 e. The fourth-order valence-electron chi connectivity index (χ4n) is 1.21. The van der Waals surface area contributed by atoms with E-state index >= 15 is 0 Å². The molecule has 0 heterocycles. The number of benzene rings is 1. The third kappa shape index (κ3) is 2.17. The quantitative estimate of drug-likeness (QED) is 0.156. The van der Waals surface area contributed by atoms with E-state index in [0.717, 1.165) is 5.01 Å². The lowest BCUT2D eigenvalue weighted by Crippen LogP contribution is -2.34. The van der Waals surface area contributed by atoms with Crippen LogP contribution in [0.25, 0.3) is 0 Å². The molecule has 8 heteroatoms. The van der Waals surface area contributed by atoms with Crippen LogP contribution in [0.1, 0.15) is 5.56 Å². The van der Waals surface area contributed by atoms with Crippen molar-refractivity contribution < 1.29 is 4.92 Å². The molecule has 16 heavy (non-hydrogen) atoms. The van der Waals surface area contributed by atoms with Gasteiger partial charge in [0.05, 0.1) is 4.92 Å². The van der Waals surface area contributed by atoms with Crippen molar-refractivity contribution in [1.82, 2.24) is 5.01 Å². The van der Waals surface area contributed by atoms with E-state index in [4.69, 9.17) is 17.4 Å². The van der Waals surface area contributed by atoms with Gasteiger partial charge in [-0.2, -0.15) is 5.10 Å². The number of hydrazone groups is 1. The Kier molecular flexibility index (Phi) is 3.26. The zero-order valence-corrected chi connectivity index (χ0v) is 8.62. The first-order chi connectivity index (χ1) is 7.47. The largest absolute Gasteiger partial charge is 0.393 e. The van der Waals surface area contributed by atoms with E-state index < -0.39 is 4.92 Å². The van der Waals surface area contributed by atoms with Crippen molar-refractivity contribution in [1.29, 1.82) is 0 Å².